The van der Waals surface area contributed by atoms with Crippen LogP contribution in [-0.2, 0) is 4.74 Å². The summed E-state index contributed by atoms with van der Waals surface area (Å²) < 4.78 is 10.2. The number of rotatable bonds is 6. The van der Waals surface area contributed by atoms with E-state index in [4.69, 9.17) is 21.1 Å². The Kier molecular flexibility index (Phi) is 5.43. The third kappa shape index (κ3) is 3.91. The van der Waals surface area contributed by atoms with Gasteiger partial charge in [-0.25, -0.2) is 0 Å². The maximum absolute atomic E-state index is 6.06. The molecule has 0 radical (unpaired) electrons. The minimum absolute atomic E-state index is 0.437. The van der Waals surface area contributed by atoms with E-state index < -0.39 is 0 Å². The summed E-state index contributed by atoms with van der Waals surface area (Å²) in [5.74, 6) is 1.23. The Balaban J connectivity index is 2.58. The van der Waals surface area contributed by atoms with Crippen LogP contribution in [0, 0.1) is 5.92 Å². The normalized spacial score (nSPS) is 12.2. The molecule has 1 N–H and O–H groups in total. The lowest BCUT2D eigenvalue weighted by atomic mass is 10.2. The summed E-state index contributed by atoms with van der Waals surface area (Å²) in [7, 11) is 3.34. The summed E-state index contributed by atoms with van der Waals surface area (Å²) in [6.07, 6.45) is 0. The van der Waals surface area contributed by atoms with Crippen LogP contribution in [0.25, 0.3) is 0 Å². The molecule has 0 aromatic heterocycles. The molecular weight excluding hydrogens is 226 g/mol. The zero-order valence-corrected chi connectivity index (χ0v) is 10.7. The van der Waals surface area contributed by atoms with Crippen molar-refractivity contribution in [1.82, 2.24) is 0 Å². The fourth-order valence-electron chi connectivity index (χ4n) is 1.39. The van der Waals surface area contributed by atoms with Crippen molar-refractivity contribution >= 4 is 17.3 Å². The summed E-state index contributed by atoms with van der Waals surface area (Å²) in [6, 6.07) is 5.55. The Morgan fingerprint density at radius 1 is 1.38 bits per heavy atom. The van der Waals surface area contributed by atoms with Crippen LogP contribution in [-0.4, -0.2) is 27.4 Å². The van der Waals surface area contributed by atoms with Gasteiger partial charge in [0, 0.05) is 19.7 Å². The van der Waals surface area contributed by atoms with Gasteiger partial charge < -0.3 is 14.8 Å². The molecule has 16 heavy (non-hydrogen) atoms. The average molecular weight is 244 g/mol. The molecule has 1 unspecified atom stereocenters. The highest BCUT2D eigenvalue weighted by atomic mass is 35.5. The molecule has 1 aromatic carbocycles. The highest BCUT2D eigenvalue weighted by Gasteiger charge is 2.05. The van der Waals surface area contributed by atoms with E-state index in [9.17, 15) is 0 Å². The lowest BCUT2D eigenvalue weighted by Crippen LogP contribution is -2.15. The molecule has 1 aromatic rings. The third-order valence-electron chi connectivity index (χ3n) is 2.27. The first-order chi connectivity index (χ1) is 7.67. The monoisotopic (exact) mass is 243 g/mol. The molecule has 0 aliphatic rings. The van der Waals surface area contributed by atoms with Gasteiger partial charge in [-0.2, -0.15) is 0 Å². The molecule has 0 spiro atoms. The van der Waals surface area contributed by atoms with Gasteiger partial charge in [-0.3, -0.25) is 0 Å². The molecule has 0 amide bonds. The number of methoxy groups -OCH3 is 2. The maximum Gasteiger partial charge on any atom is 0.121 e. The predicted octanol–water partition coefficient (Wildman–Crippen LogP) is 3.04. The van der Waals surface area contributed by atoms with Gasteiger partial charge in [-0.15, -0.1) is 0 Å². The second-order valence-corrected chi connectivity index (χ2v) is 4.19. The molecule has 0 saturated carbocycles. The molecular formula is C12H18ClNO2. The summed E-state index contributed by atoms with van der Waals surface area (Å²) in [5, 5.41) is 3.98. The minimum Gasteiger partial charge on any atom is -0.497 e. The SMILES string of the molecule is COCC(C)CNc1cc(OC)ccc1Cl. The van der Waals surface area contributed by atoms with E-state index in [-0.39, 0.29) is 0 Å². The van der Waals surface area contributed by atoms with Crippen LogP contribution in [0.2, 0.25) is 5.02 Å². The van der Waals surface area contributed by atoms with Crippen molar-refractivity contribution in [3.63, 3.8) is 0 Å². The van der Waals surface area contributed by atoms with Crippen LogP contribution in [0.1, 0.15) is 6.92 Å². The van der Waals surface area contributed by atoms with Crippen LogP contribution in [0.15, 0.2) is 18.2 Å². The van der Waals surface area contributed by atoms with Crippen molar-refractivity contribution in [3.05, 3.63) is 23.2 Å². The van der Waals surface area contributed by atoms with E-state index in [1.807, 2.05) is 18.2 Å². The molecule has 0 saturated heterocycles. The number of nitrogens with one attached hydrogen (secondary N) is 1. The van der Waals surface area contributed by atoms with Crippen LogP contribution >= 0.6 is 11.6 Å². The summed E-state index contributed by atoms with van der Waals surface area (Å²) in [4.78, 5) is 0. The van der Waals surface area contributed by atoms with Gasteiger partial charge >= 0.3 is 0 Å². The number of anilines is 1. The van der Waals surface area contributed by atoms with E-state index in [1.165, 1.54) is 0 Å². The first-order valence-corrected chi connectivity index (χ1v) is 5.61. The average Bonchev–Trinajstić information content (AvgIpc) is 2.28. The molecule has 4 heteroatoms. The van der Waals surface area contributed by atoms with E-state index in [0.717, 1.165) is 24.6 Å². The number of hydrogen-bond donors (Lipinski definition) is 1. The molecule has 1 rings (SSSR count). The molecule has 0 bridgehead atoms. The van der Waals surface area contributed by atoms with Gasteiger partial charge in [-0.05, 0) is 18.1 Å². The molecule has 0 fully saturated rings. The second-order valence-electron chi connectivity index (χ2n) is 3.79. The summed E-state index contributed by atoms with van der Waals surface area (Å²) >= 11 is 6.06. The Morgan fingerprint density at radius 2 is 2.12 bits per heavy atom. The van der Waals surface area contributed by atoms with Crippen LogP contribution in [0.5, 0.6) is 5.75 Å². The number of hydrogen-bond acceptors (Lipinski definition) is 3. The number of ether oxygens (including phenoxy) is 2. The lowest BCUT2D eigenvalue weighted by molar-refractivity contribution is 0.164. The quantitative estimate of drug-likeness (QED) is 0.833. The largest absolute Gasteiger partial charge is 0.497 e. The van der Waals surface area contributed by atoms with E-state index >= 15 is 0 Å². The highest BCUT2D eigenvalue weighted by molar-refractivity contribution is 6.33. The Bertz CT molecular complexity index is 331. The molecule has 3 nitrogen and oxygen atoms in total. The van der Waals surface area contributed by atoms with Crippen LogP contribution in [0.3, 0.4) is 0 Å². The van der Waals surface area contributed by atoms with Crippen molar-refractivity contribution in [1.29, 1.82) is 0 Å². The van der Waals surface area contributed by atoms with Gasteiger partial charge in [-0.1, -0.05) is 18.5 Å². The standard InChI is InChI=1S/C12H18ClNO2/c1-9(8-15-2)7-14-12-6-10(16-3)4-5-11(12)13/h4-6,9,14H,7-8H2,1-3H3. The number of benzene rings is 1. The zero-order chi connectivity index (χ0) is 12.0. The highest BCUT2D eigenvalue weighted by Crippen LogP contribution is 2.26. The minimum atomic E-state index is 0.437. The van der Waals surface area contributed by atoms with Crippen molar-refractivity contribution in [2.24, 2.45) is 5.92 Å². The smallest absolute Gasteiger partial charge is 0.121 e. The first-order valence-electron chi connectivity index (χ1n) is 5.23. The first kappa shape index (κ1) is 13.1. The van der Waals surface area contributed by atoms with Crippen molar-refractivity contribution < 1.29 is 9.47 Å². The Morgan fingerprint density at radius 3 is 2.75 bits per heavy atom. The van der Waals surface area contributed by atoms with Crippen LogP contribution < -0.4 is 10.1 Å². The van der Waals surface area contributed by atoms with Crippen molar-refractivity contribution in [2.75, 3.05) is 32.7 Å². The van der Waals surface area contributed by atoms with Gasteiger partial charge in [0.05, 0.1) is 24.4 Å². The zero-order valence-electron chi connectivity index (χ0n) is 9.92. The van der Waals surface area contributed by atoms with E-state index in [2.05, 4.69) is 12.2 Å². The van der Waals surface area contributed by atoms with Crippen LogP contribution in [0.4, 0.5) is 5.69 Å². The third-order valence-corrected chi connectivity index (χ3v) is 2.60. The molecule has 0 aliphatic heterocycles. The van der Waals surface area contributed by atoms with Gasteiger partial charge in [0.15, 0.2) is 0 Å². The van der Waals surface area contributed by atoms with Crippen molar-refractivity contribution in [2.45, 2.75) is 6.92 Å². The summed E-state index contributed by atoms with van der Waals surface area (Å²) in [6.45, 7) is 3.67. The fraction of sp³-hybridized carbons (Fsp3) is 0.500. The van der Waals surface area contributed by atoms with Gasteiger partial charge in [0.2, 0.25) is 0 Å². The molecule has 90 valence electrons. The summed E-state index contributed by atoms with van der Waals surface area (Å²) in [5.41, 5.74) is 0.893. The van der Waals surface area contributed by atoms with Gasteiger partial charge in [0.1, 0.15) is 5.75 Å². The van der Waals surface area contributed by atoms with E-state index in [0.29, 0.717) is 10.9 Å². The fourth-order valence-corrected chi connectivity index (χ4v) is 1.58. The Labute approximate surface area is 102 Å². The predicted molar refractivity (Wildman–Crippen MR) is 67.5 cm³/mol. The molecule has 0 heterocycles. The van der Waals surface area contributed by atoms with Gasteiger partial charge in [0.25, 0.3) is 0 Å². The second kappa shape index (κ2) is 6.61. The maximum atomic E-state index is 6.06. The van der Waals surface area contributed by atoms with Crippen molar-refractivity contribution in [3.8, 4) is 5.75 Å². The molecule has 1 atom stereocenters. The van der Waals surface area contributed by atoms with E-state index in [1.54, 1.807) is 14.2 Å². The Hall–Kier alpha value is -0.930. The topological polar surface area (TPSA) is 30.5 Å². The molecule has 0 aliphatic carbocycles. The lowest BCUT2D eigenvalue weighted by Gasteiger charge is -2.14. The number of halogens is 1.